The van der Waals surface area contributed by atoms with Crippen molar-refractivity contribution < 1.29 is 0 Å². The third-order valence-electron chi connectivity index (χ3n) is 9.52. The average Bonchev–Trinajstić information content (AvgIpc) is 3.17. The Labute approximate surface area is 281 Å². The van der Waals surface area contributed by atoms with Gasteiger partial charge >= 0.3 is 0 Å². The van der Waals surface area contributed by atoms with Crippen LogP contribution >= 0.6 is 0 Å². The minimum Gasteiger partial charge on any atom is -0.311 e. The van der Waals surface area contributed by atoms with Crippen LogP contribution in [0, 0.1) is 0 Å². The lowest BCUT2D eigenvalue weighted by atomic mass is 10.1. The Balaban J connectivity index is 1.27. The van der Waals surface area contributed by atoms with Crippen molar-refractivity contribution in [2.45, 2.75) is 0 Å². The summed E-state index contributed by atoms with van der Waals surface area (Å²) < 4.78 is 0. The number of nitrogens with zero attached hydrogens (tertiary/aromatic N) is 3. The summed E-state index contributed by atoms with van der Waals surface area (Å²) in [6.07, 6.45) is 0. The quantitative estimate of drug-likeness (QED) is 0.180. The van der Waals surface area contributed by atoms with Crippen LogP contribution in [0.4, 0.5) is 17.1 Å². The third kappa shape index (κ3) is 4.42. The summed E-state index contributed by atoms with van der Waals surface area (Å²) >= 11 is 0. The summed E-state index contributed by atoms with van der Waals surface area (Å²) in [5.41, 5.74) is 7.42. The van der Waals surface area contributed by atoms with Gasteiger partial charge in [0.05, 0.1) is 11.2 Å². The van der Waals surface area contributed by atoms with Crippen molar-refractivity contribution in [2.75, 3.05) is 4.90 Å². The third-order valence-corrected chi connectivity index (χ3v) is 14.4. The topological polar surface area (TPSA) is 29.0 Å². The lowest BCUT2D eigenvalue weighted by Crippen LogP contribution is -2.77. The van der Waals surface area contributed by atoms with Gasteiger partial charge in [-0.05, 0) is 51.1 Å². The minimum atomic E-state index is -2.67. The number of hydrogen-bond acceptors (Lipinski definition) is 3. The fourth-order valence-corrected chi connectivity index (χ4v) is 12.6. The Kier molecular flexibility index (Phi) is 6.80. The van der Waals surface area contributed by atoms with Gasteiger partial charge in [0.25, 0.3) is 0 Å². The van der Waals surface area contributed by atoms with Crippen LogP contribution in [0.1, 0.15) is 0 Å². The fourth-order valence-electron chi connectivity index (χ4n) is 7.50. The Morgan fingerprint density at radius 2 is 0.938 bits per heavy atom. The lowest BCUT2D eigenvalue weighted by molar-refractivity contribution is 1.22. The molecule has 0 saturated heterocycles. The minimum absolute atomic E-state index is 0.713. The molecular formula is C44H31N3Si. The van der Waals surface area contributed by atoms with Crippen LogP contribution in [-0.4, -0.2) is 18.0 Å². The molecule has 4 heteroatoms. The lowest BCUT2D eigenvalue weighted by Gasteiger charge is -2.45. The van der Waals surface area contributed by atoms with Crippen molar-refractivity contribution in [2.24, 2.45) is 0 Å². The maximum atomic E-state index is 5.20. The summed E-state index contributed by atoms with van der Waals surface area (Å²) in [4.78, 5) is 12.7. The van der Waals surface area contributed by atoms with E-state index in [4.69, 9.17) is 9.97 Å². The molecule has 7 aromatic carbocycles. The van der Waals surface area contributed by atoms with E-state index in [-0.39, 0.29) is 0 Å². The number of benzene rings is 7. The van der Waals surface area contributed by atoms with Crippen LogP contribution in [-0.2, 0) is 0 Å². The van der Waals surface area contributed by atoms with Crippen LogP contribution in [0.5, 0.6) is 0 Å². The SMILES string of the molecule is c1ccc(-c2nc(-c3cccc(N4c5ccccc5[Si](c5ccccc5)(c5ccccc5)c5ccccc54)c3)nc3ccccc23)cc1. The molecular weight excluding hydrogens is 599 g/mol. The van der Waals surface area contributed by atoms with Crippen molar-refractivity contribution in [1.29, 1.82) is 0 Å². The average molecular weight is 630 g/mol. The van der Waals surface area contributed by atoms with E-state index in [1.807, 2.05) is 12.1 Å². The maximum absolute atomic E-state index is 5.20. The zero-order valence-corrected chi connectivity index (χ0v) is 27.2. The normalized spacial score (nSPS) is 13.1. The molecule has 9 rings (SSSR count). The van der Waals surface area contributed by atoms with Crippen LogP contribution in [0.25, 0.3) is 33.5 Å². The Bertz CT molecular complexity index is 2320. The molecule has 0 bridgehead atoms. The van der Waals surface area contributed by atoms with Crippen LogP contribution < -0.4 is 25.6 Å². The first-order valence-electron chi connectivity index (χ1n) is 16.4. The van der Waals surface area contributed by atoms with E-state index in [1.54, 1.807) is 0 Å². The molecule has 0 aliphatic carbocycles. The summed E-state index contributed by atoms with van der Waals surface area (Å²) in [6.45, 7) is 0. The molecule has 0 saturated carbocycles. The Morgan fingerprint density at radius 1 is 0.417 bits per heavy atom. The second-order valence-corrected chi connectivity index (χ2v) is 15.9. The Morgan fingerprint density at radius 3 is 1.58 bits per heavy atom. The van der Waals surface area contributed by atoms with Crippen molar-refractivity contribution >= 4 is 56.8 Å². The van der Waals surface area contributed by atoms with E-state index in [1.165, 1.54) is 32.1 Å². The van der Waals surface area contributed by atoms with E-state index in [9.17, 15) is 0 Å². The van der Waals surface area contributed by atoms with E-state index < -0.39 is 8.07 Å². The van der Waals surface area contributed by atoms with Gasteiger partial charge in [0.1, 0.15) is 0 Å². The van der Waals surface area contributed by atoms with Gasteiger partial charge in [-0.25, -0.2) is 9.97 Å². The van der Waals surface area contributed by atoms with Crippen molar-refractivity contribution in [3.05, 3.63) is 188 Å². The largest absolute Gasteiger partial charge is 0.311 e. The number of para-hydroxylation sites is 3. The second kappa shape index (κ2) is 11.6. The molecule has 3 nitrogen and oxygen atoms in total. The molecule has 8 aromatic rings. The van der Waals surface area contributed by atoms with Crippen molar-refractivity contribution in [3.8, 4) is 22.6 Å². The molecule has 0 spiro atoms. The van der Waals surface area contributed by atoms with Gasteiger partial charge in [-0.3, -0.25) is 0 Å². The molecule has 1 aromatic heterocycles. The van der Waals surface area contributed by atoms with Gasteiger partial charge in [0.2, 0.25) is 0 Å². The summed E-state index contributed by atoms with van der Waals surface area (Å²) in [5, 5.41) is 6.55. The molecule has 226 valence electrons. The zero-order valence-electron chi connectivity index (χ0n) is 26.2. The van der Waals surface area contributed by atoms with Crippen LogP contribution in [0.3, 0.4) is 0 Å². The van der Waals surface area contributed by atoms with Gasteiger partial charge in [-0.1, -0.05) is 158 Å². The molecule has 0 N–H and O–H groups in total. The highest BCUT2D eigenvalue weighted by atomic mass is 28.3. The highest BCUT2D eigenvalue weighted by Crippen LogP contribution is 2.39. The van der Waals surface area contributed by atoms with Gasteiger partial charge in [-0.2, -0.15) is 0 Å². The van der Waals surface area contributed by atoms with Crippen LogP contribution in [0.15, 0.2) is 188 Å². The van der Waals surface area contributed by atoms with E-state index >= 15 is 0 Å². The van der Waals surface area contributed by atoms with Gasteiger partial charge in [0.15, 0.2) is 13.9 Å². The molecule has 0 amide bonds. The van der Waals surface area contributed by atoms with Crippen molar-refractivity contribution in [3.63, 3.8) is 0 Å². The first-order chi connectivity index (χ1) is 23.8. The molecule has 0 fully saturated rings. The van der Waals surface area contributed by atoms with Gasteiger partial charge < -0.3 is 4.90 Å². The molecule has 2 heterocycles. The van der Waals surface area contributed by atoms with Gasteiger partial charge in [0, 0.05) is 33.6 Å². The number of aromatic nitrogens is 2. The Hall–Kier alpha value is -6.10. The second-order valence-electron chi connectivity index (χ2n) is 12.2. The molecule has 1 aliphatic rings. The highest BCUT2D eigenvalue weighted by Gasteiger charge is 2.48. The van der Waals surface area contributed by atoms with Crippen LogP contribution in [0.2, 0.25) is 0 Å². The monoisotopic (exact) mass is 629 g/mol. The molecule has 0 atom stereocenters. The fraction of sp³-hybridized carbons (Fsp3) is 0. The summed E-state index contributed by atoms with van der Waals surface area (Å²) in [6, 6.07) is 67.6. The molecule has 0 radical (unpaired) electrons. The smallest absolute Gasteiger partial charge is 0.184 e. The highest BCUT2D eigenvalue weighted by molar-refractivity contribution is 7.21. The number of fused-ring (bicyclic) bond motifs is 3. The van der Waals surface area contributed by atoms with E-state index in [2.05, 4.69) is 181 Å². The first-order valence-corrected chi connectivity index (χ1v) is 18.4. The van der Waals surface area contributed by atoms with Crippen molar-refractivity contribution in [1.82, 2.24) is 9.97 Å². The predicted octanol–water partition coefficient (Wildman–Crippen LogP) is 8.12. The number of anilines is 3. The number of rotatable bonds is 5. The standard InChI is InChI=1S/C44H31N3Si/c1-4-17-32(18-5-1)43-37-25-10-11-26-38(37)45-44(46-43)33-19-16-20-34(31-33)47-39-27-12-14-29-41(39)48(35-21-6-2-7-22-35,36-23-8-3-9-24-36)42-30-15-13-28-40(42)47/h1-31H. The molecule has 0 unspecified atom stereocenters. The predicted molar refractivity (Wildman–Crippen MR) is 202 cm³/mol. The molecule has 1 aliphatic heterocycles. The summed E-state index contributed by atoms with van der Waals surface area (Å²) in [7, 11) is -2.67. The van der Waals surface area contributed by atoms with E-state index in [0.717, 1.165) is 33.4 Å². The maximum Gasteiger partial charge on any atom is 0.184 e. The summed E-state index contributed by atoms with van der Waals surface area (Å²) in [5.74, 6) is 0.713. The van der Waals surface area contributed by atoms with Gasteiger partial charge in [-0.15, -0.1) is 0 Å². The van der Waals surface area contributed by atoms with E-state index in [0.29, 0.717) is 5.82 Å². The zero-order chi connectivity index (χ0) is 31.9. The number of hydrogen-bond donors (Lipinski definition) is 0. The molecule has 48 heavy (non-hydrogen) atoms. The first kappa shape index (κ1) is 28.1.